The molecule has 0 radical (unpaired) electrons. The van der Waals surface area contributed by atoms with E-state index in [1.54, 1.807) is 0 Å². The lowest BCUT2D eigenvalue weighted by molar-refractivity contribution is 0.207. The molecule has 1 fully saturated rings. The van der Waals surface area contributed by atoms with Gasteiger partial charge in [-0.2, -0.15) is 5.10 Å². The lowest BCUT2D eigenvalue weighted by Crippen LogP contribution is -2.35. The van der Waals surface area contributed by atoms with Crippen LogP contribution >= 0.6 is 0 Å². The number of aromatic amines is 1. The number of hydrogen-bond donors (Lipinski definition) is 1. The van der Waals surface area contributed by atoms with Gasteiger partial charge in [-0.05, 0) is 44.8 Å². The molecule has 2 heterocycles. The predicted molar refractivity (Wildman–Crippen MR) is 87.5 cm³/mol. The van der Waals surface area contributed by atoms with Crippen molar-refractivity contribution in [3.05, 3.63) is 41.7 Å². The fraction of sp³-hybridized carbons (Fsp3) is 0.500. The van der Waals surface area contributed by atoms with Gasteiger partial charge in [0.15, 0.2) is 0 Å². The third kappa shape index (κ3) is 3.18. The molecule has 112 valence electrons. The molecule has 1 unspecified atom stereocenters. The summed E-state index contributed by atoms with van der Waals surface area (Å²) in [5, 5.41) is 7.61. The van der Waals surface area contributed by atoms with E-state index in [0.717, 1.165) is 6.54 Å². The Hall–Kier alpha value is -1.61. The Kier molecular flexibility index (Phi) is 4.39. The Balaban J connectivity index is 1.85. The van der Waals surface area contributed by atoms with E-state index in [1.807, 2.05) is 6.20 Å². The molecule has 3 heteroatoms. The van der Waals surface area contributed by atoms with E-state index in [0.29, 0.717) is 5.92 Å². The van der Waals surface area contributed by atoms with Crippen LogP contribution < -0.4 is 0 Å². The zero-order valence-electron chi connectivity index (χ0n) is 13.1. The Morgan fingerprint density at radius 3 is 3.10 bits per heavy atom. The second-order valence-electron chi connectivity index (χ2n) is 6.21. The second kappa shape index (κ2) is 6.44. The van der Waals surface area contributed by atoms with Gasteiger partial charge in [0.05, 0.1) is 6.20 Å². The monoisotopic (exact) mass is 283 g/mol. The molecule has 1 N–H and O–H groups in total. The first-order chi connectivity index (χ1) is 10.3. The van der Waals surface area contributed by atoms with Gasteiger partial charge in [-0.3, -0.25) is 5.10 Å². The fourth-order valence-corrected chi connectivity index (χ4v) is 3.46. The molecule has 3 rings (SSSR count). The number of nitrogens with one attached hydrogen (secondary N) is 1. The van der Waals surface area contributed by atoms with Crippen molar-refractivity contribution < 1.29 is 0 Å². The topological polar surface area (TPSA) is 31.9 Å². The molecule has 0 bridgehead atoms. The molecule has 0 spiro atoms. The third-order valence-electron chi connectivity index (χ3n) is 4.45. The van der Waals surface area contributed by atoms with Crippen molar-refractivity contribution in [2.45, 2.75) is 39.0 Å². The van der Waals surface area contributed by atoms with Crippen molar-refractivity contribution >= 4 is 0 Å². The summed E-state index contributed by atoms with van der Waals surface area (Å²) >= 11 is 0. The lowest BCUT2D eigenvalue weighted by Gasteiger charge is -2.32. The summed E-state index contributed by atoms with van der Waals surface area (Å²) in [5.41, 5.74) is 5.19. The number of rotatable bonds is 4. The zero-order chi connectivity index (χ0) is 14.7. The SMILES string of the molecule is CCCN1CCCC(c2[nH]ncc2-c2cccc(C)c2)C1. The number of aryl methyl sites for hydroxylation is 1. The maximum Gasteiger partial charge on any atom is 0.0568 e. The van der Waals surface area contributed by atoms with Crippen LogP contribution in [-0.4, -0.2) is 34.7 Å². The smallest absolute Gasteiger partial charge is 0.0568 e. The first kappa shape index (κ1) is 14.3. The molecule has 0 saturated carbocycles. The Morgan fingerprint density at radius 2 is 2.29 bits per heavy atom. The largest absolute Gasteiger partial charge is 0.303 e. The Morgan fingerprint density at radius 1 is 1.38 bits per heavy atom. The van der Waals surface area contributed by atoms with E-state index >= 15 is 0 Å². The minimum absolute atomic E-state index is 0.586. The van der Waals surface area contributed by atoms with E-state index < -0.39 is 0 Å². The summed E-state index contributed by atoms with van der Waals surface area (Å²) in [6, 6.07) is 8.72. The van der Waals surface area contributed by atoms with Crippen LogP contribution in [-0.2, 0) is 0 Å². The van der Waals surface area contributed by atoms with Crippen molar-refractivity contribution in [3.8, 4) is 11.1 Å². The first-order valence-corrected chi connectivity index (χ1v) is 8.10. The van der Waals surface area contributed by atoms with Crippen LogP contribution in [0.15, 0.2) is 30.5 Å². The average Bonchev–Trinajstić information content (AvgIpc) is 2.97. The highest BCUT2D eigenvalue weighted by Crippen LogP contribution is 2.33. The summed E-state index contributed by atoms with van der Waals surface area (Å²) in [6.45, 7) is 8.03. The van der Waals surface area contributed by atoms with E-state index in [1.165, 1.54) is 54.7 Å². The average molecular weight is 283 g/mol. The molecule has 1 aromatic carbocycles. The molecule has 1 saturated heterocycles. The standard InChI is InChI=1S/C18H25N3/c1-3-9-21-10-5-8-16(13-21)18-17(12-19-20-18)15-7-4-6-14(2)11-15/h4,6-7,11-12,16H,3,5,8-10,13H2,1-2H3,(H,19,20). The van der Waals surface area contributed by atoms with Gasteiger partial charge in [0.1, 0.15) is 0 Å². The van der Waals surface area contributed by atoms with Gasteiger partial charge in [-0.15, -0.1) is 0 Å². The normalized spacial score (nSPS) is 19.8. The minimum Gasteiger partial charge on any atom is -0.303 e. The van der Waals surface area contributed by atoms with Crippen LogP contribution in [0.1, 0.15) is 43.4 Å². The van der Waals surface area contributed by atoms with E-state index in [-0.39, 0.29) is 0 Å². The predicted octanol–water partition coefficient (Wildman–Crippen LogP) is 3.97. The number of aromatic nitrogens is 2. The van der Waals surface area contributed by atoms with Gasteiger partial charge < -0.3 is 4.90 Å². The van der Waals surface area contributed by atoms with Crippen molar-refractivity contribution in [3.63, 3.8) is 0 Å². The van der Waals surface area contributed by atoms with Gasteiger partial charge in [0.25, 0.3) is 0 Å². The molecule has 0 aliphatic carbocycles. The third-order valence-corrected chi connectivity index (χ3v) is 4.45. The van der Waals surface area contributed by atoms with Gasteiger partial charge >= 0.3 is 0 Å². The second-order valence-corrected chi connectivity index (χ2v) is 6.21. The summed E-state index contributed by atoms with van der Waals surface area (Å²) in [4.78, 5) is 2.59. The number of likely N-dealkylation sites (tertiary alicyclic amines) is 1. The molecular weight excluding hydrogens is 258 g/mol. The highest BCUT2D eigenvalue weighted by atomic mass is 15.1. The number of H-pyrrole nitrogens is 1. The van der Waals surface area contributed by atoms with Crippen LogP contribution in [0.2, 0.25) is 0 Å². The van der Waals surface area contributed by atoms with Crippen molar-refractivity contribution in [1.29, 1.82) is 0 Å². The highest BCUT2D eigenvalue weighted by Gasteiger charge is 2.24. The van der Waals surface area contributed by atoms with Crippen LogP contribution in [0, 0.1) is 6.92 Å². The molecule has 1 aromatic heterocycles. The van der Waals surface area contributed by atoms with Crippen LogP contribution in [0.25, 0.3) is 11.1 Å². The number of nitrogens with zero attached hydrogens (tertiary/aromatic N) is 2. The molecule has 3 nitrogen and oxygen atoms in total. The number of hydrogen-bond acceptors (Lipinski definition) is 2. The van der Waals surface area contributed by atoms with Crippen molar-refractivity contribution in [2.24, 2.45) is 0 Å². The summed E-state index contributed by atoms with van der Waals surface area (Å²) in [5.74, 6) is 0.586. The number of piperidine rings is 1. The first-order valence-electron chi connectivity index (χ1n) is 8.10. The van der Waals surface area contributed by atoms with Crippen molar-refractivity contribution in [2.75, 3.05) is 19.6 Å². The van der Waals surface area contributed by atoms with Crippen LogP contribution in [0.5, 0.6) is 0 Å². The van der Waals surface area contributed by atoms with Crippen LogP contribution in [0.4, 0.5) is 0 Å². The molecule has 0 amide bonds. The Labute approximate surface area is 127 Å². The van der Waals surface area contributed by atoms with Gasteiger partial charge in [-0.1, -0.05) is 36.8 Å². The van der Waals surface area contributed by atoms with E-state index in [2.05, 4.69) is 53.2 Å². The molecule has 21 heavy (non-hydrogen) atoms. The minimum atomic E-state index is 0.586. The summed E-state index contributed by atoms with van der Waals surface area (Å²) in [7, 11) is 0. The lowest BCUT2D eigenvalue weighted by atomic mass is 9.90. The summed E-state index contributed by atoms with van der Waals surface area (Å²) in [6.07, 6.45) is 5.78. The summed E-state index contributed by atoms with van der Waals surface area (Å²) < 4.78 is 0. The maximum absolute atomic E-state index is 4.33. The maximum atomic E-state index is 4.33. The Bertz CT molecular complexity index is 586. The van der Waals surface area contributed by atoms with E-state index in [4.69, 9.17) is 0 Å². The quantitative estimate of drug-likeness (QED) is 0.920. The molecular formula is C18H25N3. The van der Waals surface area contributed by atoms with Gasteiger partial charge in [0, 0.05) is 23.7 Å². The fourth-order valence-electron chi connectivity index (χ4n) is 3.46. The molecule has 1 aliphatic heterocycles. The van der Waals surface area contributed by atoms with E-state index in [9.17, 15) is 0 Å². The highest BCUT2D eigenvalue weighted by molar-refractivity contribution is 5.66. The van der Waals surface area contributed by atoms with Gasteiger partial charge in [0.2, 0.25) is 0 Å². The van der Waals surface area contributed by atoms with Crippen LogP contribution in [0.3, 0.4) is 0 Å². The molecule has 1 atom stereocenters. The zero-order valence-corrected chi connectivity index (χ0v) is 13.1. The van der Waals surface area contributed by atoms with Gasteiger partial charge in [-0.25, -0.2) is 0 Å². The molecule has 1 aliphatic rings. The van der Waals surface area contributed by atoms with Crippen molar-refractivity contribution in [1.82, 2.24) is 15.1 Å². The number of benzene rings is 1. The molecule has 2 aromatic rings.